The molecule has 0 radical (unpaired) electrons. The van der Waals surface area contributed by atoms with Crippen LogP contribution in [-0.2, 0) is 18.0 Å². The number of hydrogen-bond acceptors (Lipinski definition) is 1. The number of benzene rings is 6. The highest BCUT2D eigenvalue weighted by atomic mass is 16.5. The molecule has 2 aromatic heterocycles. The van der Waals surface area contributed by atoms with Gasteiger partial charge in [0.05, 0.1) is 35.3 Å². The molecule has 3 heteroatoms. The lowest BCUT2D eigenvalue weighted by atomic mass is 10.2. The summed E-state index contributed by atoms with van der Waals surface area (Å²) in [7, 11) is 0. The molecule has 0 bridgehead atoms. The zero-order chi connectivity index (χ0) is 27.2. The van der Waals surface area contributed by atoms with Gasteiger partial charge in [0.25, 0.3) is 0 Å². The van der Waals surface area contributed by atoms with Crippen LogP contribution in [0, 0.1) is 0 Å². The van der Waals surface area contributed by atoms with Crippen LogP contribution >= 0.6 is 0 Å². The molecule has 196 valence electrons. The average molecular weight is 529 g/mol. The summed E-state index contributed by atoms with van der Waals surface area (Å²) in [5.41, 5.74) is 9.54. The van der Waals surface area contributed by atoms with Crippen LogP contribution in [-0.4, -0.2) is 9.13 Å². The summed E-state index contributed by atoms with van der Waals surface area (Å²) in [6.07, 6.45) is 0. The van der Waals surface area contributed by atoms with Crippen LogP contribution in [0.2, 0.25) is 0 Å². The van der Waals surface area contributed by atoms with E-state index in [9.17, 15) is 0 Å². The minimum absolute atomic E-state index is 0.572. The summed E-state index contributed by atoms with van der Waals surface area (Å²) < 4.78 is 10.8. The highest BCUT2D eigenvalue weighted by molar-refractivity contribution is 6.10. The number of fused-ring (bicyclic) bond motifs is 6. The minimum atomic E-state index is 0.572. The first-order valence-corrected chi connectivity index (χ1v) is 14.1. The predicted octanol–water partition coefficient (Wildman–Crippen LogP) is 9.60. The Morgan fingerprint density at radius 2 is 0.634 bits per heavy atom. The Morgan fingerprint density at radius 1 is 0.341 bits per heavy atom. The number of aromatic nitrogens is 2. The number of ether oxygens (including phenoxy) is 1. The third-order valence-electron chi connectivity index (χ3n) is 8.09. The summed E-state index contributed by atoms with van der Waals surface area (Å²) in [6, 6.07) is 51.9. The van der Waals surface area contributed by atoms with Crippen LogP contribution < -0.4 is 0 Å². The van der Waals surface area contributed by atoms with E-state index in [-0.39, 0.29) is 0 Å². The molecule has 0 aliphatic rings. The first kappa shape index (κ1) is 23.7. The number of para-hydroxylation sites is 4. The fraction of sp³-hybridized carbons (Fsp3) is 0.0526. The quantitative estimate of drug-likeness (QED) is 0.210. The molecule has 0 aliphatic heterocycles. The van der Waals surface area contributed by atoms with Gasteiger partial charge < -0.3 is 13.9 Å². The van der Waals surface area contributed by atoms with Gasteiger partial charge >= 0.3 is 0 Å². The molecule has 0 atom stereocenters. The van der Waals surface area contributed by atoms with Crippen LogP contribution in [0.5, 0.6) is 0 Å². The predicted molar refractivity (Wildman–Crippen MR) is 170 cm³/mol. The smallest absolute Gasteiger partial charge is 0.0721 e. The molecule has 2 heterocycles. The Bertz CT molecular complexity index is 1900. The van der Waals surface area contributed by atoms with Crippen molar-refractivity contribution in [2.45, 2.75) is 13.2 Å². The summed E-state index contributed by atoms with van der Waals surface area (Å²) in [4.78, 5) is 0. The molecule has 8 aromatic rings. The maximum Gasteiger partial charge on any atom is 0.0721 e. The normalized spacial score (nSPS) is 11.7. The van der Waals surface area contributed by atoms with Gasteiger partial charge in [-0.05, 0) is 59.7 Å². The van der Waals surface area contributed by atoms with Crippen LogP contribution in [0.15, 0.2) is 146 Å². The van der Waals surface area contributed by atoms with Crippen LogP contribution in [0.4, 0.5) is 0 Å². The van der Waals surface area contributed by atoms with E-state index in [0.29, 0.717) is 13.2 Å². The molecular formula is C38H28N2O. The third kappa shape index (κ3) is 4.02. The van der Waals surface area contributed by atoms with Crippen LogP contribution in [0.25, 0.3) is 55.0 Å². The minimum Gasteiger partial charge on any atom is -0.372 e. The second-order valence-electron chi connectivity index (χ2n) is 10.6. The lowest BCUT2D eigenvalue weighted by Crippen LogP contribution is -1.98. The molecule has 0 saturated carbocycles. The van der Waals surface area contributed by atoms with Crippen molar-refractivity contribution >= 4 is 43.6 Å². The van der Waals surface area contributed by atoms with Gasteiger partial charge in [-0.1, -0.05) is 97.1 Å². The van der Waals surface area contributed by atoms with Crippen molar-refractivity contribution in [3.63, 3.8) is 0 Å². The Labute approximate surface area is 238 Å². The van der Waals surface area contributed by atoms with Crippen molar-refractivity contribution in [2.75, 3.05) is 0 Å². The van der Waals surface area contributed by atoms with Gasteiger partial charge in [-0.25, -0.2) is 0 Å². The van der Waals surface area contributed by atoms with Crippen molar-refractivity contribution in [3.8, 4) is 11.4 Å². The zero-order valence-corrected chi connectivity index (χ0v) is 22.6. The number of hydrogen-bond donors (Lipinski definition) is 0. The van der Waals surface area contributed by atoms with E-state index in [1.165, 1.54) is 43.6 Å². The number of rotatable bonds is 6. The van der Waals surface area contributed by atoms with E-state index in [2.05, 4.69) is 155 Å². The molecule has 41 heavy (non-hydrogen) atoms. The molecule has 0 N–H and O–H groups in total. The van der Waals surface area contributed by atoms with Crippen molar-refractivity contribution in [1.29, 1.82) is 0 Å². The topological polar surface area (TPSA) is 19.1 Å². The number of nitrogens with zero attached hydrogens (tertiary/aromatic N) is 2. The molecule has 0 amide bonds. The Hall–Kier alpha value is -5.12. The van der Waals surface area contributed by atoms with Gasteiger partial charge in [-0.2, -0.15) is 0 Å². The largest absolute Gasteiger partial charge is 0.372 e. The van der Waals surface area contributed by atoms with Crippen molar-refractivity contribution in [1.82, 2.24) is 9.13 Å². The van der Waals surface area contributed by atoms with Gasteiger partial charge in [0.2, 0.25) is 0 Å². The van der Waals surface area contributed by atoms with Crippen molar-refractivity contribution in [3.05, 3.63) is 157 Å². The van der Waals surface area contributed by atoms with Crippen molar-refractivity contribution in [2.24, 2.45) is 0 Å². The van der Waals surface area contributed by atoms with E-state index >= 15 is 0 Å². The van der Waals surface area contributed by atoms with Gasteiger partial charge in [0.1, 0.15) is 0 Å². The summed E-state index contributed by atoms with van der Waals surface area (Å²) in [5.74, 6) is 0. The van der Waals surface area contributed by atoms with Gasteiger partial charge in [-0.3, -0.25) is 0 Å². The SMILES string of the molecule is c1ccc2c(c1)c1ccccc1n2-c1ccc(COCc2ccc(-n3c4ccccc4c4ccccc43)cc2)cc1. The fourth-order valence-corrected chi connectivity index (χ4v) is 6.17. The second kappa shape index (κ2) is 9.81. The lowest BCUT2D eigenvalue weighted by molar-refractivity contribution is 0.107. The van der Waals surface area contributed by atoms with Crippen LogP contribution in [0.1, 0.15) is 11.1 Å². The van der Waals surface area contributed by atoms with E-state index in [4.69, 9.17) is 4.74 Å². The summed E-state index contributed by atoms with van der Waals surface area (Å²) in [6.45, 7) is 1.14. The monoisotopic (exact) mass is 528 g/mol. The van der Waals surface area contributed by atoms with Crippen molar-refractivity contribution < 1.29 is 4.74 Å². The van der Waals surface area contributed by atoms with E-state index in [1.54, 1.807) is 0 Å². The van der Waals surface area contributed by atoms with E-state index < -0.39 is 0 Å². The second-order valence-corrected chi connectivity index (χ2v) is 10.6. The zero-order valence-electron chi connectivity index (χ0n) is 22.6. The van der Waals surface area contributed by atoms with E-state index in [1.807, 2.05) is 0 Å². The van der Waals surface area contributed by atoms with Gasteiger partial charge in [0.15, 0.2) is 0 Å². The highest BCUT2D eigenvalue weighted by Gasteiger charge is 2.12. The maximum absolute atomic E-state index is 6.13. The fourth-order valence-electron chi connectivity index (χ4n) is 6.17. The standard InChI is InChI=1S/C38H28N2O/c1-5-13-35-31(9-1)32-10-2-6-14-36(32)39(35)29-21-17-27(18-22-29)25-41-26-28-19-23-30(24-20-28)40-37-15-7-3-11-33(37)34-12-4-8-16-38(34)40/h1-24H,25-26H2. The lowest BCUT2D eigenvalue weighted by Gasteiger charge is -2.11. The summed E-state index contributed by atoms with van der Waals surface area (Å²) >= 11 is 0. The highest BCUT2D eigenvalue weighted by Crippen LogP contribution is 2.33. The molecular weight excluding hydrogens is 500 g/mol. The summed E-state index contributed by atoms with van der Waals surface area (Å²) in [5, 5.41) is 5.11. The first-order valence-electron chi connectivity index (χ1n) is 14.1. The third-order valence-corrected chi connectivity index (χ3v) is 8.09. The first-order chi connectivity index (χ1) is 20.3. The average Bonchev–Trinajstić information content (AvgIpc) is 3.55. The van der Waals surface area contributed by atoms with E-state index in [0.717, 1.165) is 22.5 Å². The molecule has 6 aromatic carbocycles. The molecule has 0 unspecified atom stereocenters. The van der Waals surface area contributed by atoms with Gasteiger partial charge in [0, 0.05) is 32.9 Å². The Kier molecular flexibility index (Phi) is 5.68. The van der Waals surface area contributed by atoms with Gasteiger partial charge in [-0.15, -0.1) is 0 Å². The molecule has 0 spiro atoms. The molecule has 0 fully saturated rings. The maximum atomic E-state index is 6.13. The van der Waals surface area contributed by atoms with Crippen LogP contribution in [0.3, 0.4) is 0 Å². The molecule has 0 saturated heterocycles. The Morgan fingerprint density at radius 3 is 0.951 bits per heavy atom. The molecule has 3 nitrogen and oxygen atoms in total. The Balaban J connectivity index is 0.996. The molecule has 8 rings (SSSR count). The molecule has 0 aliphatic carbocycles.